The lowest BCUT2D eigenvalue weighted by Crippen LogP contribution is -2.11. The summed E-state index contributed by atoms with van der Waals surface area (Å²) in [5, 5.41) is 0. The molecule has 1 saturated carbocycles. The normalized spacial score (nSPS) is 15.8. The van der Waals surface area contributed by atoms with Crippen LogP contribution in [0.5, 0.6) is 5.75 Å². The molecule has 19 heavy (non-hydrogen) atoms. The van der Waals surface area contributed by atoms with E-state index in [1.165, 1.54) is 31.2 Å². The quantitative estimate of drug-likeness (QED) is 0.733. The van der Waals surface area contributed by atoms with Crippen molar-refractivity contribution in [3.05, 3.63) is 29.8 Å². The lowest BCUT2D eigenvalue weighted by atomic mass is 10.1. The first kappa shape index (κ1) is 14.4. The highest BCUT2D eigenvalue weighted by molar-refractivity contribution is 5.27. The van der Waals surface area contributed by atoms with Crippen molar-refractivity contribution in [1.29, 1.82) is 0 Å². The first-order valence-corrected chi connectivity index (χ1v) is 7.38. The molecule has 0 aliphatic heterocycles. The molecule has 0 radical (unpaired) electrons. The molecule has 1 fully saturated rings. The lowest BCUT2D eigenvalue weighted by Gasteiger charge is -2.11. The molecule has 0 spiro atoms. The van der Waals surface area contributed by atoms with E-state index >= 15 is 0 Å². The van der Waals surface area contributed by atoms with E-state index in [1.54, 1.807) is 0 Å². The van der Waals surface area contributed by atoms with Crippen molar-refractivity contribution in [3.8, 4) is 5.75 Å². The van der Waals surface area contributed by atoms with Crippen LogP contribution in [-0.4, -0.2) is 26.4 Å². The van der Waals surface area contributed by atoms with Gasteiger partial charge in [-0.2, -0.15) is 0 Å². The summed E-state index contributed by atoms with van der Waals surface area (Å²) >= 11 is 0. The second kappa shape index (κ2) is 8.18. The maximum atomic E-state index is 5.66. The van der Waals surface area contributed by atoms with Crippen LogP contribution in [0.2, 0.25) is 0 Å². The van der Waals surface area contributed by atoms with Crippen molar-refractivity contribution < 1.29 is 9.47 Å². The molecule has 2 rings (SSSR count). The van der Waals surface area contributed by atoms with Crippen molar-refractivity contribution in [1.82, 2.24) is 0 Å². The fourth-order valence-electron chi connectivity index (χ4n) is 2.56. The standard InChI is InChI=1S/C16H25NO2/c17-10-9-14-5-7-16(8-6-14)19-12-11-18-13-15-3-1-2-4-15/h5-8,15H,1-4,9-13,17H2. The highest BCUT2D eigenvalue weighted by Crippen LogP contribution is 2.24. The molecule has 0 aromatic heterocycles. The van der Waals surface area contributed by atoms with E-state index in [4.69, 9.17) is 15.2 Å². The Morgan fingerprint density at radius 3 is 2.47 bits per heavy atom. The third-order valence-corrected chi connectivity index (χ3v) is 3.68. The predicted octanol–water partition coefficient (Wildman–Crippen LogP) is 2.77. The molecular weight excluding hydrogens is 238 g/mol. The van der Waals surface area contributed by atoms with Crippen LogP contribution in [0.1, 0.15) is 31.2 Å². The average molecular weight is 263 g/mol. The predicted molar refractivity (Wildman–Crippen MR) is 77.5 cm³/mol. The summed E-state index contributed by atoms with van der Waals surface area (Å²) in [6.45, 7) is 2.90. The van der Waals surface area contributed by atoms with E-state index in [9.17, 15) is 0 Å². The second-order valence-corrected chi connectivity index (χ2v) is 5.26. The van der Waals surface area contributed by atoms with Crippen LogP contribution in [0.25, 0.3) is 0 Å². The molecular formula is C16H25NO2. The van der Waals surface area contributed by atoms with Gasteiger partial charge in [0.05, 0.1) is 6.61 Å². The van der Waals surface area contributed by atoms with E-state index < -0.39 is 0 Å². The van der Waals surface area contributed by atoms with E-state index in [-0.39, 0.29) is 0 Å². The topological polar surface area (TPSA) is 44.5 Å². The highest BCUT2D eigenvalue weighted by Gasteiger charge is 2.14. The third kappa shape index (κ3) is 5.21. The van der Waals surface area contributed by atoms with Gasteiger partial charge in [0.25, 0.3) is 0 Å². The Hall–Kier alpha value is -1.06. The molecule has 0 bridgehead atoms. The van der Waals surface area contributed by atoms with E-state index in [2.05, 4.69) is 12.1 Å². The number of ether oxygens (including phenoxy) is 2. The van der Waals surface area contributed by atoms with Gasteiger partial charge in [-0.05, 0) is 49.4 Å². The number of nitrogens with two attached hydrogens (primary N) is 1. The minimum Gasteiger partial charge on any atom is -0.491 e. The van der Waals surface area contributed by atoms with Gasteiger partial charge in [-0.15, -0.1) is 0 Å². The molecule has 1 aromatic carbocycles. The molecule has 2 N–H and O–H groups in total. The molecule has 3 heteroatoms. The van der Waals surface area contributed by atoms with Crippen molar-refractivity contribution >= 4 is 0 Å². The molecule has 0 heterocycles. The first-order chi connectivity index (χ1) is 9.38. The molecule has 1 aromatic rings. The van der Waals surface area contributed by atoms with E-state index in [0.717, 1.165) is 24.7 Å². The summed E-state index contributed by atoms with van der Waals surface area (Å²) in [4.78, 5) is 0. The SMILES string of the molecule is NCCc1ccc(OCCOCC2CCCC2)cc1. The fourth-order valence-corrected chi connectivity index (χ4v) is 2.56. The largest absolute Gasteiger partial charge is 0.491 e. The van der Waals surface area contributed by atoms with Gasteiger partial charge in [0.1, 0.15) is 12.4 Å². The van der Waals surface area contributed by atoms with Crippen LogP contribution in [0.4, 0.5) is 0 Å². The monoisotopic (exact) mass is 263 g/mol. The summed E-state index contributed by atoms with van der Waals surface area (Å²) in [5.74, 6) is 1.70. The molecule has 106 valence electrons. The number of hydrogen-bond donors (Lipinski definition) is 1. The van der Waals surface area contributed by atoms with Gasteiger partial charge in [-0.3, -0.25) is 0 Å². The van der Waals surface area contributed by atoms with Crippen molar-refractivity contribution in [2.75, 3.05) is 26.4 Å². The molecule has 0 amide bonds. The van der Waals surface area contributed by atoms with Gasteiger partial charge >= 0.3 is 0 Å². The molecule has 3 nitrogen and oxygen atoms in total. The summed E-state index contributed by atoms with van der Waals surface area (Å²) in [6.07, 6.45) is 6.34. The van der Waals surface area contributed by atoms with E-state index in [1.807, 2.05) is 12.1 Å². The molecule has 0 atom stereocenters. The average Bonchev–Trinajstić information content (AvgIpc) is 2.94. The van der Waals surface area contributed by atoms with Crippen LogP contribution in [0, 0.1) is 5.92 Å². The smallest absolute Gasteiger partial charge is 0.119 e. The molecule has 1 aliphatic carbocycles. The summed E-state index contributed by atoms with van der Waals surface area (Å²) in [7, 11) is 0. The minimum absolute atomic E-state index is 0.628. The third-order valence-electron chi connectivity index (χ3n) is 3.68. The zero-order chi connectivity index (χ0) is 13.3. The zero-order valence-electron chi connectivity index (χ0n) is 11.6. The highest BCUT2D eigenvalue weighted by atomic mass is 16.5. The van der Waals surface area contributed by atoms with Crippen molar-refractivity contribution in [2.24, 2.45) is 11.7 Å². The van der Waals surface area contributed by atoms with Crippen LogP contribution in [0.3, 0.4) is 0 Å². The Kier molecular flexibility index (Phi) is 6.18. The van der Waals surface area contributed by atoms with Crippen LogP contribution < -0.4 is 10.5 Å². The molecule has 0 saturated heterocycles. The Bertz CT molecular complexity index is 344. The number of hydrogen-bond acceptors (Lipinski definition) is 3. The number of rotatable bonds is 8. The van der Waals surface area contributed by atoms with Crippen LogP contribution in [0.15, 0.2) is 24.3 Å². The van der Waals surface area contributed by atoms with Crippen molar-refractivity contribution in [2.45, 2.75) is 32.1 Å². The molecule has 0 unspecified atom stereocenters. The second-order valence-electron chi connectivity index (χ2n) is 5.26. The van der Waals surface area contributed by atoms with Gasteiger partial charge in [-0.1, -0.05) is 25.0 Å². The first-order valence-electron chi connectivity index (χ1n) is 7.38. The maximum Gasteiger partial charge on any atom is 0.119 e. The Morgan fingerprint density at radius 2 is 1.79 bits per heavy atom. The van der Waals surface area contributed by atoms with E-state index in [0.29, 0.717) is 19.8 Å². The Labute approximate surface area is 116 Å². The zero-order valence-corrected chi connectivity index (χ0v) is 11.6. The Morgan fingerprint density at radius 1 is 1.05 bits per heavy atom. The fraction of sp³-hybridized carbons (Fsp3) is 0.625. The maximum absolute atomic E-state index is 5.66. The van der Waals surface area contributed by atoms with Crippen LogP contribution >= 0.6 is 0 Å². The van der Waals surface area contributed by atoms with Gasteiger partial charge in [-0.25, -0.2) is 0 Å². The molecule has 1 aliphatic rings. The summed E-state index contributed by atoms with van der Waals surface area (Å²) < 4.78 is 11.3. The van der Waals surface area contributed by atoms with Gasteiger partial charge in [0, 0.05) is 6.61 Å². The summed E-state index contributed by atoms with van der Waals surface area (Å²) in [6, 6.07) is 8.15. The minimum atomic E-state index is 0.628. The number of benzene rings is 1. The van der Waals surface area contributed by atoms with Gasteiger partial charge in [0.2, 0.25) is 0 Å². The Balaban J connectivity index is 1.57. The van der Waals surface area contributed by atoms with Crippen LogP contribution in [-0.2, 0) is 11.2 Å². The van der Waals surface area contributed by atoms with Gasteiger partial charge in [0.15, 0.2) is 0 Å². The van der Waals surface area contributed by atoms with Gasteiger partial charge < -0.3 is 15.2 Å². The lowest BCUT2D eigenvalue weighted by molar-refractivity contribution is 0.0754. The van der Waals surface area contributed by atoms with Crippen molar-refractivity contribution in [3.63, 3.8) is 0 Å². The summed E-state index contributed by atoms with van der Waals surface area (Å²) in [5.41, 5.74) is 6.77.